The molecule has 8 heteroatoms. The summed E-state index contributed by atoms with van der Waals surface area (Å²) < 4.78 is 49.2. The normalized spacial score (nSPS) is 43.2. The van der Waals surface area contributed by atoms with Gasteiger partial charge in [-0.15, -0.1) is 0 Å². The summed E-state index contributed by atoms with van der Waals surface area (Å²) in [6, 6.07) is 0. The zero-order valence-electron chi connectivity index (χ0n) is 5.95. The zero-order chi connectivity index (χ0) is 9.57. The molecule has 3 N–H and O–H groups in total. The van der Waals surface area contributed by atoms with Crippen LogP contribution in [0.5, 0.6) is 0 Å². The molecule has 0 aromatic carbocycles. The number of hydrogen-bond donors (Lipinski definition) is 3. The maximum absolute atomic E-state index is 10.9. The van der Waals surface area contributed by atoms with Gasteiger partial charge in [-0.2, -0.15) is 13.0 Å². The summed E-state index contributed by atoms with van der Waals surface area (Å²) in [5.74, 6) is -1.08. The third-order valence-electron chi connectivity index (χ3n) is 1.67. The smallest absolute Gasteiger partial charge is 0.275 e. The van der Waals surface area contributed by atoms with E-state index in [1.54, 1.807) is 0 Å². The van der Waals surface area contributed by atoms with Gasteiger partial charge in [-0.3, -0.25) is 4.55 Å². The highest BCUT2D eigenvalue weighted by Crippen LogP contribution is 2.22. The van der Waals surface area contributed by atoms with E-state index in [2.05, 4.69) is 0 Å². The molecule has 0 radical (unpaired) electrons. The molecule has 1 heterocycles. The Bertz CT molecular complexity index is 318. The molecule has 1 unspecified atom stereocenters. The summed E-state index contributed by atoms with van der Waals surface area (Å²) in [5.41, 5.74) is 0. The minimum Gasteiger partial charge on any atom is -0.386 e. The number of aliphatic hydroxyl groups excluding tert-OH is 1. The lowest BCUT2D eigenvalue weighted by atomic mass is 10.3. The predicted molar refractivity (Wildman–Crippen MR) is 41.8 cm³/mol. The van der Waals surface area contributed by atoms with Gasteiger partial charge in [-0.25, -0.2) is 0 Å². The lowest BCUT2D eigenvalue weighted by Crippen LogP contribution is -2.32. The molecule has 0 bridgehead atoms. The third kappa shape index (κ3) is 2.02. The lowest BCUT2D eigenvalue weighted by Gasteiger charge is -2.04. The van der Waals surface area contributed by atoms with E-state index in [1.165, 1.54) is 0 Å². The van der Waals surface area contributed by atoms with E-state index < -0.39 is 43.2 Å². The Morgan fingerprint density at radius 3 is 2.00 bits per heavy atom. The lowest BCUT2D eigenvalue weighted by molar-refractivity contribution is 0.200. The molecular formula is C4H9O6S2+. The van der Waals surface area contributed by atoms with Crippen LogP contribution in [-0.2, 0) is 24.5 Å². The van der Waals surface area contributed by atoms with Crippen LogP contribution < -0.4 is 0 Å². The Morgan fingerprint density at radius 1 is 1.33 bits per heavy atom. The van der Waals surface area contributed by atoms with E-state index in [0.717, 1.165) is 0 Å². The van der Waals surface area contributed by atoms with E-state index >= 15 is 0 Å². The van der Waals surface area contributed by atoms with Gasteiger partial charge >= 0.3 is 0 Å². The Kier molecular flexibility index (Phi) is 2.30. The second kappa shape index (κ2) is 2.74. The molecule has 6 nitrogen and oxygen atoms in total. The fraction of sp³-hybridized carbons (Fsp3) is 1.00. The van der Waals surface area contributed by atoms with E-state index in [9.17, 15) is 12.6 Å². The van der Waals surface area contributed by atoms with Crippen molar-refractivity contribution < 1.29 is 26.8 Å². The van der Waals surface area contributed by atoms with E-state index in [-0.39, 0.29) is 0 Å². The van der Waals surface area contributed by atoms with Crippen LogP contribution in [-0.4, -0.2) is 45.5 Å². The highest BCUT2D eigenvalue weighted by molar-refractivity contribution is 7.99. The van der Waals surface area contributed by atoms with Gasteiger partial charge in [0.15, 0.2) is 16.8 Å². The second-order valence-electron chi connectivity index (χ2n) is 2.73. The predicted octanol–water partition coefficient (Wildman–Crippen LogP) is -1.41. The summed E-state index contributed by atoms with van der Waals surface area (Å²) in [7, 11) is -7.68. The number of aliphatic hydroxyl groups is 1. The first kappa shape index (κ1) is 10.1. The SMILES string of the molecule is O=S(=O)(O)[C@@H]1C[S+](=O)(O)C[C@H]1O. The molecule has 0 aliphatic carbocycles. The summed E-state index contributed by atoms with van der Waals surface area (Å²) in [5, 5.41) is 7.46. The molecule has 1 saturated heterocycles. The maximum atomic E-state index is 10.9. The summed E-state index contributed by atoms with van der Waals surface area (Å²) >= 11 is 0. The molecule has 1 rings (SSSR count). The molecule has 0 saturated carbocycles. The average Bonchev–Trinajstić information content (AvgIpc) is 2.03. The van der Waals surface area contributed by atoms with Crippen LogP contribution in [0.2, 0.25) is 0 Å². The van der Waals surface area contributed by atoms with Gasteiger partial charge in [0.1, 0.15) is 6.10 Å². The zero-order valence-corrected chi connectivity index (χ0v) is 7.58. The minimum absolute atomic E-state index is 0.489. The molecule has 1 aliphatic rings. The Hall–Kier alpha value is -0.0200. The van der Waals surface area contributed by atoms with Crippen LogP contribution in [0.3, 0.4) is 0 Å². The van der Waals surface area contributed by atoms with Gasteiger partial charge in [0, 0.05) is 0 Å². The monoisotopic (exact) mass is 217 g/mol. The molecule has 0 aromatic heterocycles. The van der Waals surface area contributed by atoms with Crippen molar-refractivity contribution in [3.63, 3.8) is 0 Å². The van der Waals surface area contributed by atoms with Gasteiger partial charge in [-0.1, -0.05) is 4.21 Å². The van der Waals surface area contributed by atoms with Crippen LogP contribution in [0.1, 0.15) is 0 Å². The average molecular weight is 217 g/mol. The van der Waals surface area contributed by atoms with Crippen molar-refractivity contribution >= 4 is 20.3 Å². The first-order valence-corrected chi connectivity index (χ1v) is 6.44. The molecule has 0 spiro atoms. The first-order chi connectivity index (χ1) is 5.22. The maximum Gasteiger partial charge on any atom is 0.275 e. The molecule has 12 heavy (non-hydrogen) atoms. The van der Waals surface area contributed by atoms with Crippen LogP contribution in [0.4, 0.5) is 0 Å². The summed E-state index contributed by atoms with van der Waals surface area (Å²) in [4.78, 5) is 0. The van der Waals surface area contributed by atoms with Crippen molar-refractivity contribution in [2.24, 2.45) is 0 Å². The first-order valence-electron chi connectivity index (χ1n) is 3.09. The van der Waals surface area contributed by atoms with Crippen LogP contribution >= 0.6 is 0 Å². The molecule has 0 aromatic rings. The third-order valence-corrected chi connectivity index (χ3v) is 4.87. The van der Waals surface area contributed by atoms with E-state index in [1.807, 2.05) is 0 Å². The van der Waals surface area contributed by atoms with Gasteiger partial charge in [-0.05, 0) is 0 Å². The van der Waals surface area contributed by atoms with Gasteiger partial charge in [0.25, 0.3) is 10.1 Å². The van der Waals surface area contributed by atoms with Crippen molar-refractivity contribution in [3.8, 4) is 0 Å². The van der Waals surface area contributed by atoms with Crippen molar-refractivity contribution in [1.29, 1.82) is 0 Å². The minimum atomic E-state index is -4.41. The van der Waals surface area contributed by atoms with Crippen LogP contribution in [0.25, 0.3) is 0 Å². The quantitative estimate of drug-likeness (QED) is 0.367. The number of hydrogen-bond acceptors (Lipinski definition) is 4. The van der Waals surface area contributed by atoms with Crippen molar-refractivity contribution in [2.75, 3.05) is 11.5 Å². The molecule has 3 atom stereocenters. The van der Waals surface area contributed by atoms with Crippen LogP contribution in [0.15, 0.2) is 0 Å². The van der Waals surface area contributed by atoms with Crippen molar-refractivity contribution in [2.45, 2.75) is 11.4 Å². The Balaban J connectivity index is 2.93. The summed E-state index contributed by atoms with van der Waals surface area (Å²) in [6.07, 6.45) is -1.45. The van der Waals surface area contributed by atoms with Crippen molar-refractivity contribution in [1.82, 2.24) is 0 Å². The fourth-order valence-electron chi connectivity index (χ4n) is 1.09. The molecule has 72 valence electrons. The highest BCUT2D eigenvalue weighted by atomic mass is 32.3. The molecular weight excluding hydrogens is 208 g/mol. The highest BCUT2D eigenvalue weighted by Gasteiger charge is 2.51. The molecule has 1 aliphatic heterocycles. The van der Waals surface area contributed by atoms with E-state index in [0.29, 0.717) is 0 Å². The standard InChI is InChI=1S/C4H8O6S2/c5-3-1-11(6,7)2-4(3)12(8,9)10/h3-5H,1-2H2,(H-,6,7,8,9,10)/p+1/t3-,4-/m1/s1. The number of rotatable bonds is 1. The Morgan fingerprint density at radius 2 is 1.83 bits per heavy atom. The fourth-order valence-corrected chi connectivity index (χ4v) is 4.67. The van der Waals surface area contributed by atoms with Gasteiger partial charge < -0.3 is 5.11 Å². The molecule has 0 amide bonds. The van der Waals surface area contributed by atoms with E-state index in [4.69, 9.17) is 14.2 Å². The largest absolute Gasteiger partial charge is 0.386 e. The summed E-state index contributed by atoms with van der Waals surface area (Å²) in [6.45, 7) is 0. The Labute approximate surface area is 70.6 Å². The van der Waals surface area contributed by atoms with Crippen molar-refractivity contribution in [3.05, 3.63) is 0 Å². The second-order valence-corrected chi connectivity index (χ2v) is 6.57. The van der Waals surface area contributed by atoms with Gasteiger partial charge in [0.05, 0.1) is 0 Å². The molecule has 1 fully saturated rings. The van der Waals surface area contributed by atoms with Crippen LogP contribution in [0, 0.1) is 0 Å². The topological polar surface area (TPSA) is 112 Å². The van der Waals surface area contributed by atoms with Gasteiger partial charge in [0.2, 0.25) is 10.2 Å².